The van der Waals surface area contributed by atoms with Gasteiger partial charge in [0, 0.05) is 28.9 Å². The van der Waals surface area contributed by atoms with Gasteiger partial charge >= 0.3 is 0 Å². The number of aromatic nitrogens is 2. The first-order valence-electron chi connectivity index (χ1n) is 5.86. The van der Waals surface area contributed by atoms with Crippen LogP contribution in [0.5, 0.6) is 0 Å². The predicted molar refractivity (Wildman–Crippen MR) is 70.0 cm³/mol. The van der Waals surface area contributed by atoms with Crippen LogP contribution in [0.2, 0.25) is 0 Å². The zero-order chi connectivity index (χ0) is 13.2. The molecule has 0 saturated carbocycles. The number of hydrogen-bond acceptors (Lipinski definition) is 2. The molecule has 0 radical (unpaired) electrons. The molecule has 3 nitrogen and oxygen atoms in total. The number of hydrogen-bond donors (Lipinski definition) is 0. The number of rotatable bonds is 2. The molecule has 3 aromatic rings. The SMILES string of the molecule is N#Cc1ncccc1Cn1ccc2cc(F)ccc21. The van der Waals surface area contributed by atoms with Gasteiger partial charge in [-0.05, 0) is 30.3 Å². The molecule has 92 valence electrons. The fourth-order valence-electron chi connectivity index (χ4n) is 2.16. The molecule has 0 saturated heterocycles. The van der Waals surface area contributed by atoms with Gasteiger partial charge in [0.2, 0.25) is 0 Å². The van der Waals surface area contributed by atoms with E-state index < -0.39 is 0 Å². The van der Waals surface area contributed by atoms with Crippen molar-refractivity contribution >= 4 is 10.9 Å². The zero-order valence-electron chi connectivity index (χ0n) is 10.0. The third-order valence-corrected chi connectivity index (χ3v) is 3.07. The molecule has 0 bridgehead atoms. The quantitative estimate of drug-likeness (QED) is 0.702. The number of pyridine rings is 1. The van der Waals surface area contributed by atoms with Crippen LogP contribution in [0.1, 0.15) is 11.3 Å². The summed E-state index contributed by atoms with van der Waals surface area (Å²) >= 11 is 0. The molecule has 3 rings (SSSR count). The summed E-state index contributed by atoms with van der Waals surface area (Å²) < 4.78 is 15.1. The van der Waals surface area contributed by atoms with Crippen LogP contribution >= 0.6 is 0 Å². The second kappa shape index (κ2) is 4.54. The van der Waals surface area contributed by atoms with E-state index in [1.165, 1.54) is 12.1 Å². The summed E-state index contributed by atoms with van der Waals surface area (Å²) in [7, 11) is 0. The number of benzene rings is 1. The highest BCUT2D eigenvalue weighted by molar-refractivity contribution is 5.80. The fraction of sp³-hybridized carbons (Fsp3) is 0.0667. The van der Waals surface area contributed by atoms with Crippen LogP contribution in [0.25, 0.3) is 10.9 Å². The molecule has 0 N–H and O–H groups in total. The number of nitrogens with zero attached hydrogens (tertiary/aromatic N) is 3. The van der Waals surface area contributed by atoms with Gasteiger partial charge < -0.3 is 4.57 Å². The van der Waals surface area contributed by atoms with Gasteiger partial charge in [-0.15, -0.1) is 0 Å². The van der Waals surface area contributed by atoms with Gasteiger partial charge in [0.15, 0.2) is 0 Å². The highest BCUT2D eigenvalue weighted by Gasteiger charge is 2.06. The first-order valence-corrected chi connectivity index (χ1v) is 5.86. The Kier molecular flexibility index (Phi) is 2.73. The van der Waals surface area contributed by atoms with Crippen LogP contribution in [-0.4, -0.2) is 9.55 Å². The smallest absolute Gasteiger partial charge is 0.145 e. The highest BCUT2D eigenvalue weighted by Crippen LogP contribution is 2.19. The molecule has 2 heterocycles. The molecule has 0 spiro atoms. The average Bonchev–Trinajstić information content (AvgIpc) is 2.82. The monoisotopic (exact) mass is 251 g/mol. The van der Waals surface area contributed by atoms with Crippen molar-refractivity contribution in [1.82, 2.24) is 9.55 Å². The van der Waals surface area contributed by atoms with E-state index in [9.17, 15) is 4.39 Å². The Hall–Kier alpha value is -2.67. The van der Waals surface area contributed by atoms with Crippen molar-refractivity contribution in [3.05, 3.63) is 65.9 Å². The Morgan fingerprint density at radius 3 is 3.00 bits per heavy atom. The van der Waals surface area contributed by atoms with E-state index in [1.54, 1.807) is 12.3 Å². The third kappa shape index (κ3) is 2.06. The van der Waals surface area contributed by atoms with Crippen molar-refractivity contribution in [2.24, 2.45) is 0 Å². The molecule has 0 aliphatic carbocycles. The highest BCUT2D eigenvalue weighted by atomic mass is 19.1. The van der Waals surface area contributed by atoms with Crippen molar-refractivity contribution < 1.29 is 4.39 Å². The summed E-state index contributed by atoms with van der Waals surface area (Å²) in [5, 5.41) is 9.87. The maximum atomic E-state index is 13.1. The van der Waals surface area contributed by atoms with Gasteiger partial charge in [-0.3, -0.25) is 0 Å². The minimum absolute atomic E-state index is 0.246. The van der Waals surface area contributed by atoms with Crippen LogP contribution in [-0.2, 0) is 6.54 Å². The molecule has 0 atom stereocenters. The molecular formula is C15H10FN3. The van der Waals surface area contributed by atoms with Crippen molar-refractivity contribution in [1.29, 1.82) is 5.26 Å². The minimum atomic E-state index is -0.246. The predicted octanol–water partition coefficient (Wildman–Crippen LogP) is 3.10. The van der Waals surface area contributed by atoms with Crippen molar-refractivity contribution in [3.63, 3.8) is 0 Å². The molecule has 0 unspecified atom stereocenters. The van der Waals surface area contributed by atoms with Gasteiger partial charge in [0.25, 0.3) is 0 Å². The van der Waals surface area contributed by atoms with Crippen molar-refractivity contribution in [2.75, 3.05) is 0 Å². The molecule has 1 aromatic carbocycles. The largest absolute Gasteiger partial charge is 0.343 e. The molecule has 2 aromatic heterocycles. The summed E-state index contributed by atoms with van der Waals surface area (Å²) in [6.45, 7) is 0.547. The Labute approximate surface area is 109 Å². The molecular weight excluding hydrogens is 241 g/mol. The molecule has 0 fully saturated rings. The van der Waals surface area contributed by atoms with Gasteiger partial charge in [-0.1, -0.05) is 6.07 Å². The van der Waals surface area contributed by atoms with Gasteiger partial charge in [0.1, 0.15) is 17.6 Å². The van der Waals surface area contributed by atoms with E-state index in [2.05, 4.69) is 11.1 Å². The second-order valence-corrected chi connectivity index (χ2v) is 4.27. The second-order valence-electron chi connectivity index (χ2n) is 4.27. The van der Waals surface area contributed by atoms with E-state index in [0.29, 0.717) is 12.2 Å². The Morgan fingerprint density at radius 2 is 2.16 bits per heavy atom. The van der Waals surface area contributed by atoms with Gasteiger partial charge in [0.05, 0.1) is 6.54 Å². The third-order valence-electron chi connectivity index (χ3n) is 3.07. The van der Waals surface area contributed by atoms with E-state index in [4.69, 9.17) is 5.26 Å². The minimum Gasteiger partial charge on any atom is -0.343 e. The van der Waals surface area contributed by atoms with Crippen LogP contribution in [0.15, 0.2) is 48.8 Å². The van der Waals surface area contributed by atoms with Crippen LogP contribution < -0.4 is 0 Å². The lowest BCUT2D eigenvalue weighted by Gasteiger charge is -2.06. The van der Waals surface area contributed by atoms with Gasteiger partial charge in [-0.25, -0.2) is 9.37 Å². The van der Waals surface area contributed by atoms with Crippen molar-refractivity contribution in [3.8, 4) is 6.07 Å². The molecule has 4 heteroatoms. The molecule has 0 amide bonds. The number of fused-ring (bicyclic) bond motifs is 1. The van der Waals surface area contributed by atoms with E-state index in [-0.39, 0.29) is 5.82 Å². The maximum absolute atomic E-state index is 13.1. The Morgan fingerprint density at radius 1 is 1.26 bits per heavy atom. The molecule has 19 heavy (non-hydrogen) atoms. The van der Waals surface area contributed by atoms with E-state index in [0.717, 1.165) is 16.5 Å². The summed E-state index contributed by atoms with van der Waals surface area (Å²) in [5.74, 6) is -0.246. The lowest BCUT2D eigenvalue weighted by molar-refractivity contribution is 0.629. The zero-order valence-corrected chi connectivity index (χ0v) is 10.0. The summed E-state index contributed by atoms with van der Waals surface area (Å²) in [6.07, 6.45) is 3.49. The Balaban J connectivity index is 2.04. The fourth-order valence-corrected chi connectivity index (χ4v) is 2.16. The lowest BCUT2D eigenvalue weighted by Crippen LogP contribution is -2.01. The summed E-state index contributed by atoms with van der Waals surface area (Å²) in [4.78, 5) is 4.04. The molecule has 0 aliphatic heterocycles. The van der Waals surface area contributed by atoms with Gasteiger partial charge in [-0.2, -0.15) is 5.26 Å². The van der Waals surface area contributed by atoms with Crippen LogP contribution in [0.3, 0.4) is 0 Å². The summed E-state index contributed by atoms with van der Waals surface area (Å²) in [5.41, 5.74) is 2.22. The van der Waals surface area contributed by atoms with E-state index in [1.807, 2.05) is 29.0 Å². The normalized spacial score (nSPS) is 10.5. The van der Waals surface area contributed by atoms with Crippen LogP contribution in [0, 0.1) is 17.1 Å². The standard InChI is InChI=1S/C15H10FN3/c16-13-3-4-15-11(8-13)5-7-19(15)10-12-2-1-6-18-14(12)9-17/h1-8H,10H2. The molecule has 0 aliphatic rings. The maximum Gasteiger partial charge on any atom is 0.145 e. The Bertz CT molecular complexity index is 783. The number of halogens is 1. The lowest BCUT2D eigenvalue weighted by atomic mass is 10.2. The van der Waals surface area contributed by atoms with Crippen molar-refractivity contribution in [2.45, 2.75) is 6.54 Å². The number of nitriles is 1. The topological polar surface area (TPSA) is 41.6 Å². The summed E-state index contributed by atoms with van der Waals surface area (Å²) in [6, 6.07) is 12.3. The van der Waals surface area contributed by atoms with Crippen LogP contribution in [0.4, 0.5) is 4.39 Å². The first kappa shape index (κ1) is 11.4. The average molecular weight is 251 g/mol. The first-order chi connectivity index (χ1) is 9.28. The van der Waals surface area contributed by atoms with E-state index >= 15 is 0 Å².